The molecule has 0 atom stereocenters. The molecule has 2 rings (SSSR count). The van der Waals surface area contributed by atoms with Gasteiger partial charge in [-0.1, -0.05) is 36.1 Å². The summed E-state index contributed by atoms with van der Waals surface area (Å²) < 4.78 is 5.34. The summed E-state index contributed by atoms with van der Waals surface area (Å²) in [7, 11) is 0. The zero-order chi connectivity index (χ0) is 7.52. The van der Waals surface area contributed by atoms with E-state index in [1.165, 1.54) is 5.56 Å². The molecule has 0 amide bonds. The van der Waals surface area contributed by atoms with Gasteiger partial charge < -0.3 is 4.74 Å². The second-order valence-corrected chi connectivity index (χ2v) is 2.51. The number of rotatable bonds is 3. The van der Waals surface area contributed by atoms with Crippen LogP contribution in [0.1, 0.15) is 5.56 Å². The summed E-state index contributed by atoms with van der Waals surface area (Å²) in [4.78, 5) is 0. The Morgan fingerprint density at radius 1 is 1.18 bits per heavy atom. The maximum atomic E-state index is 5.34. The molecular weight excluding hydrogens is 136 g/mol. The van der Waals surface area contributed by atoms with Crippen molar-refractivity contribution < 1.29 is 4.74 Å². The lowest BCUT2D eigenvalue weighted by Gasteiger charge is -2.06. The van der Waals surface area contributed by atoms with E-state index < -0.39 is 0 Å². The minimum Gasteiger partial charge on any atom is -0.571 e. The van der Waals surface area contributed by atoms with Crippen LogP contribution in [0.25, 0.3) is 0 Å². The van der Waals surface area contributed by atoms with Crippen LogP contribution in [0.15, 0.2) is 42.2 Å². The summed E-state index contributed by atoms with van der Waals surface area (Å²) in [6.07, 6.45) is 3.92. The van der Waals surface area contributed by atoms with Gasteiger partial charge in [-0.2, -0.15) is 0 Å². The Morgan fingerprint density at radius 3 is 2.55 bits per heavy atom. The van der Waals surface area contributed by atoms with E-state index in [1.807, 2.05) is 30.7 Å². The molecular formula is C10H9O-. The first-order chi connectivity index (χ1) is 5.45. The topological polar surface area (TPSA) is 9.23 Å². The molecule has 0 aliphatic heterocycles. The minimum atomic E-state index is 0.684. The lowest BCUT2D eigenvalue weighted by atomic mass is 10.2. The summed E-state index contributed by atoms with van der Waals surface area (Å²) in [5.41, 5.74) is 1.22. The fourth-order valence-corrected chi connectivity index (χ4v) is 0.871. The van der Waals surface area contributed by atoms with E-state index in [1.54, 1.807) is 0 Å². The highest BCUT2D eigenvalue weighted by Crippen LogP contribution is 2.19. The number of benzene rings is 1. The molecule has 1 heteroatoms. The lowest BCUT2D eigenvalue weighted by Crippen LogP contribution is -1.85. The fraction of sp³-hybridized carbons (Fsp3) is 0.100. The molecule has 0 bridgehead atoms. The van der Waals surface area contributed by atoms with Crippen molar-refractivity contribution in [2.24, 2.45) is 0 Å². The van der Waals surface area contributed by atoms with Crippen LogP contribution in [0.3, 0.4) is 0 Å². The summed E-state index contributed by atoms with van der Waals surface area (Å²) in [5.74, 6) is 1.01. The number of hydrogen-bond donors (Lipinski definition) is 0. The summed E-state index contributed by atoms with van der Waals surface area (Å²) >= 11 is 0. The third kappa shape index (κ3) is 1.77. The van der Waals surface area contributed by atoms with Crippen molar-refractivity contribution in [2.75, 3.05) is 0 Å². The highest BCUT2D eigenvalue weighted by molar-refractivity contribution is 5.33. The average Bonchev–Trinajstić information content (AvgIpc) is 2.86. The van der Waals surface area contributed by atoms with Crippen LogP contribution < -0.4 is 0 Å². The first kappa shape index (κ1) is 6.35. The zero-order valence-corrected chi connectivity index (χ0v) is 6.16. The van der Waals surface area contributed by atoms with Crippen molar-refractivity contribution in [2.45, 2.75) is 6.61 Å². The van der Waals surface area contributed by atoms with Gasteiger partial charge in [0.2, 0.25) is 0 Å². The highest BCUT2D eigenvalue weighted by atomic mass is 16.5. The van der Waals surface area contributed by atoms with E-state index in [2.05, 4.69) is 12.1 Å². The Kier molecular flexibility index (Phi) is 1.56. The van der Waals surface area contributed by atoms with Gasteiger partial charge in [0.1, 0.15) is 0 Å². The van der Waals surface area contributed by atoms with Crippen LogP contribution in [0.2, 0.25) is 0 Å². The Bertz CT molecular complexity index is 261. The van der Waals surface area contributed by atoms with Crippen molar-refractivity contribution in [1.82, 2.24) is 0 Å². The minimum absolute atomic E-state index is 0.684. The Hall–Kier alpha value is -1.37. The first-order valence-electron chi connectivity index (χ1n) is 3.67. The molecule has 0 unspecified atom stereocenters. The molecule has 1 aromatic rings. The quantitative estimate of drug-likeness (QED) is 0.593. The van der Waals surface area contributed by atoms with E-state index in [9.17, 15) is 0 Å². The molecule has 1 nitrogen and oxygen atoms in total. The number of allylic oxidation sites excluding steroid dienone is 2. The van der Waals surface area contributed by atoms with Gasteiger partial charge in [-0.3, -0.25) is 0 Å². The molecule has 1 aliphatic rings. The molecule has 0 saturated heterocycles. The third-order valence-electron chi connectivity index (χ3n) is 1.55. The lowest BCUT2D eigenvalue weighted by molar-refractivity contribution is 0.220. The van der Waals surface area contributed by atoms with E-state index in [-0.39, 0.29) is 0 Å². The standard InChI is InChI=1S/C10H9O/c1-2-4-9(5-3-1)8-11-10-6-7-10/h1-7H,8H2/q-1. The predicted molar refractivity (Wildman–Crippen MR) is 43.6 cm³/mol. The van der Waals surface area contributed by atoms with E-state index in [0.29, 0.717) is 6.61 Å². The molecule has 0 heterocycles. The third-order valence-corrected chi connectivity index (χ3v) is 1.55. The summed E-state index contributed by atoms with van der Waals surface area (Å²) in [5, 5.41) is 0. The van der Waals surface area contributed by atoms with Gasteiger partial charge in [0, 0.05) is 0 Å². The maximum Gasteiger partial charge on any atom is 0.0938 e. The molecule has 56 valence electrons. The van der Waals surface area contributed by atoms with Gasteiger partial charge >= 0.3 is 0 Å². The normalized spacial score (nSPS) is 13.3. The van der Waals surface area contributed by atoms with Gasteiger partial charge in [-0.15, -0.1) is 0 Å². The van der Waals surface area contributed by atoms with Crippen molar-refractivity contribution in [3.63, 3.8) is 0 Å². The molecule has 0 saturated carbocycles. The second-order valence-electron chi connectivity index (χ2n) is 2.51. The maximum absolute atomic E-state index is 5.34. The summed E-state index contributed by atoms with van der Waals surface area (Å²) in [6, 6.07) is 10.2. The van der Waals surface area contributed by atoms with Gasteiger partial charge in [0.05, 0.1) is 6.61 Å². The van der Waals surface area contributed by atoms with Gasteiger partial charge in [0.15, 0.2) is 0 Å². The molecule has 1 aliphatic carbocycles. The van der Waals surface area contributed by atoms with Crippen LogP contribution in [-0.2, 0) is 11.3 Å². The SMILES string of the molecule is C1=C(OCc2ccccc2)[CH-]1. The van der Waals surface area contributed by atoms with Gasteiger partial charge in [-0.25, -0.2) is 12.5 Å². The Morgan fingerprint density at radius 2 is 1.91 bits per heavy atom. The fourth-order valence-electron chi connectivity index (χ4n) is 0.871. The Balaban J connectivity index is 1.90. The summed E-state index contributed by atoms with van der Waals surface area (Å²) in [6.45, 7) is 0.684. The molecule has 11 heavy (non-hydrogen) atoms. The van der Waals surface area contributed by atoms with Gasteiger partial charge in [-0.05, 0) is 5.56 Å². The van der Waals surface area contributed by atoms with Crippen molar-refractivity contribution >= 4 is 0 Å². The molecule has 1 aromatic carbocycles. The smallest absolute Gasteiger partial charge is 0.0938 e. The van der Waals surface area contributed by atoms with Crippen LogP contribution in [0.5, 0.6) is 0 Å². The molecule has 0 N–H and O–H groups in total. The van der Waals surface area contributed by atoms with Crippen molar-refractivity contribution in [3.05, 3.63) is 54.2 Å². The van der Waals surface area contributed by atoms with Crippen molar-refractivity contribution in [1.29, 1.82) is 0 Å². The largest absolute Gasteiger partial charge is 0.571 e. The van der Waals surface area contributed by atoms with Gasteiger partial charge in [0.25, 0.3) is 0 Å². The average molecular weight is 145 g/mol. The van der Waals surface area contributed by atoms with E-state index in [0.717, 1.165) is 5.76 Å². The van der Waals surface area contributed by atoms with Crippen LogP contribution in [0.4, 0.5) is 0 Å². The monoisotopic (exact) mass is 145 g/mol. The molecule has 0 fully saturated rings. The van der Waals surface area contributed by atoms with E-state index >= 15 is 0 Å². The molecule has 0 aromatic heterocycles. The Labute approximate surface area is 66.3 Å². The van der Waals surface area contributed by atoms with Crippen LogP contribution >= 0.6 is 0 Å². The number of ether oxygens (including phenoxy) is 1. The number of hydrogen-bond acceptors (Lipinski definition) is 1. The highest BCUT2D eigenvalue weighted by Gasteiger charge is 1.93. The van der Waals surface area contributed by atoms with Crippen LogP contribution in [0, 0.1) is 6.42 Å². The molecule has 0 spiro atoms. The predicted octanol–water partition coefficient (Wildman–Crippen LogP) is 2.30. The zero-order valence-electron chi connectivity index (χ0n) is 6.16. The second kappa shape index (κ2) is 2.70. The van der Waals surface area contributed by atoms with Crippen molar-refractivity contribution in [3.8, 4) is 0 Å². The molecule has 0 radical (unpaired) electrons. The van der Waals surface area contributed by atoms with Crippen LogP contribution in [-0.4, -0.2) is 0 Å². The first-order valence-corrected chi connectivity index (χ1v) is 3.67. The van der Waals surface area contributed by atoms with E-state index in [4.69, 9.17) is 4.74 Å².